The average Bonchev–Trinajstić information content (AvgIpc) is 2.26. The van der Waals surface area contributed by atoms with Gasteiger partial charge in [0, 0.05) is 26.0 Å². The van der Waals surface area contributed by atoms with Crippen LogP contribution < -0.4 is 10.5 Å². The first-order chi connectivity index (χ1) is 7.56. The Morgan fingerprint density at radius 3 is 2.62 bits per heavy atom. The molecule has 0 aliphatic carbocycles. The zero-order valence-corrected chi connectivity index (χ0v) is 9.94. The summed E-state index contributed by atoms with van der Waals surface area (Å²) in [6, 6.07) is 3.18. The van der Waals surface area contributed by atoms with Gasteiger partial charge in [0.2, 0.25) is 0 Å². The molecule has 90 valence electrons. The van der Waals surface area contributed by atoms with Gasteiger partial charge in [0.15, 0.2) is 0 Å². The predicted octanol–water partition coefficient (Wildman–Crippen LogP) is 0.0189. The molecule has 0 saturated heterocycles. The molecule has 0 spiro atoms. The molecular formula is C9H16N4O2S. The third-order valence-electron chi connectivity index (χ3n) is 2.01. The van der Waals surface area contributed by atoms with E-state index in [1.807, 2.05) is 0 Å². The van der Waals surface area contributed by atoms with Crippen molar-refractivity contribution in [3.05, 3.63) is 24.5 Å². The largest absolute Gasteiger partial charge is 0.330 e. The molecule has 0 aliphatic rings. The number of nitrogens with zero attached hydrogens (tertiary/aromatic N) is 2. The van der Waals surface area contributed by atoms with Crippen LogP contribution in [0.1, 0.15) is 6.42 Å². The smallest absolute Gasteiger partial charge is 0.301 e. The number of aromatic nitrogens is 1. The van der Waals surface area contributed by atoms with E-state index >= 15 is 0 Å². The van der Waals surface area contributed by atoms with Crippen LogP contribution in [0.4, 0.5) is 5.69 Å². The highest BCUT2D eigenvalue weighted by Gasteiger charge is 2.16. The van der Waals surface area contributed by atoms with Crippen LogP contribution in [0, 0.1) is 0 Å². The predicted molar refractivity (Wildman–Crippen MR) is 63.1 cm³/mol. The second-order valence-electron chi connectivity index (χ2n) is 3.31. The summed E-state index contributed by atoms with van der Waals surface area (Å²) in [6.45, 7) is 0.867. The first-order valence-corrected chi connectivity index (χ1v) is 6.34. The minimum absolute atomic E-state index is 0.400. The highest BCUT2D eigenvalue weighted by atomic mass is 32.2. The number of hydrogen-bond acceptors (Lipinski definition) is 4. The van der Waals surface area contributed by atoms with Crippen molar-refractivity contribution >= 4 is 15.9 Å². The number of nitrogens with one attached hydrogen (secondary N) is 1. The van der Waals surface area contributed by atoms with E-state index in [1.54, 1.807) is 12.1 Å². The summed E-state index contributed by atoms with van der Waals surface area (Å²) in [6.07, 6.45) is 3.68. The molecule has 1 rings (SSSR count). The molecular weight excluding hydrogens is 228 g/mol. The zero-order valence-electron chi connectivity index (χ0n) is 9.13. The van der Waals surface area contributed by atoms with Gasteiger partial charge in [-0.15, -0.1) is 0 Å². The molecule has 0 fully saturated rings. The summed E-state index contributed by atoms with van der Waals surface area (Å²) in [5.74, 6) is 0. The molecule has 0 saturated carbocycles. The Morgan fingerprint density at radius 2 is 2.06 bits per heavy atom. The molecule has 16 heavy (non-hydrogen) atoms. The first kappa shape index (κ1) is 12.9. The van der Waals surface area contributed by atoms with Gasteiger partial charge in [-0.25, -0.2) is 0 Å². The quantitative estimate of drug-likeness (QED) is 0.738. The average molecular weight is 244 g/mol. The van der Waals surface area contributed by atoms with Crippen LogP contribution >= 0.6 is 0 Å². The van der Waals surface area contributed by atoms with Crippen molar-refractivity contribution in [2.75, 3.05) is 24.9 Å². The molecule has 0 radical (unpaired) electrons. The maximum atomic E-state index is 11.8. The normalized spacial score (nSPS) is 11.7. The second-order valence-corrected chi connectivity index (χ2v) is 5.08. The van der Waals surface area contributed by atoms with Gasteiger partial charge in [-0.05, 0) is 25.1 Å². The highest BCUT2D eigenvalue weighted by molar-refractivity contribution is 7.90. The van der Waals surface area contributed by atoms with E-state index in [1.165, 1.54) is 23.7 Å². The highest BCUT2D eigenvalue weighted by Crippen LogP contribution is 2.08. The van der Waals surface area contributed by atoms with Crippen molar-refractivity contribution in [2.45, 2.75) is 6.42 Å². The Balaban J connectivity index is 2.65. The standard InChI is InChI=1S/C9H16N4O2S/c1-13(8-2-5-10)16(14,15)12-9-3-6-11-7-4-9/h3-4,6-7H,2,5,8,10H2,1H3,(H,11,12). The third kappa shape index (κ3) is 3.76. The maximum Gasteiger partial charge on any atom is 0.301 e. The summed E-state index contributed by atoms with van der Waals surface area (Å²) in [5, 5.41) is 0. The summed E-state index contributed by atoms with van der Waals surface area (Å²) >= 11 is 0. The number of nitrogens with two attached hydrogens (primary N) is 1. The molecule has 3 N–H and O–H groups in total. The van der Waals surface area contributed by atoms with Crippen LogP contribution in [-0.4, -0.2) is 37.8 Å². The van der Waals surface area contributed by atoms with E-state index in [2.05, 4.69) is 9.71 Å². The summed E-state index contributed by atoms with van der Waals surface area (Å²) in [5.41, 5.74) is 5.82. The Morgan fingerprint density at radius 1 is 1.44 bits per heavy atom. The fourth-order valence-corrected chi connectivity index (χ4v) is 2.04. The molecule has 7 heteroatoms. The minimum atomic E-state index is -3.49. The lowest BCUT2D eigenvalue weighted by Crippen LogP contribution is -2.34. The maximum absolute atomic E-state index is 11.8. The van der Waals surface area contributed by atoms with Crippen LogP contribution in [0.5, 0.6) is 0 Å². The van der Waals surface area contributed by atoms with Gasteiger partial charge in [0.05, 0.1) is 5.69 Å². The van der Waals surface area contributed by atoms with E-state index in [0.717, 1.165) is 0 Å². The van der Waals surface area contributed by atoms with E-state index in [0.29, 0.717) is 25.2 Å². The molecule has 0 unspecified atom stereocenters. The van der Waals surface area contributed by atoms with Crippen molar-refractivity contribution in [3.8, 4) is 0 Å². The molecule has 0 bridgehead atoms. The lowest BCUT2D eigenvalue weighted by Gasteiger charge is -2.17. The Hall–Kier alpha value is -1.18. The molecule has 1 heterocycles. The molecule has 0 aliphatic heterocycles. The van der Waals surface area contributed by atoms with E-state index < -0.39 is 10.2 Å². The van der Waals surface area contributed by atoms with Crippen LogP contribution in [0.3, 0.4) is 0 Å². The van der Waals surface area contributed by atoms with Crippen LogP contribution in [-0.2, 0) is 10.2 Å². The Bertz CT molecular complexity index is 407. The molecule has 0 amide bonds. The van der Waals surface area contributed by atoms with Gasteiger partial charge >= 0.3 is 10.2 Å². The summed E-state index contributed by atoms with van der Waals surface area (Å²) in [4.78, 5) is 3.80. The summed E-state index contributed by atoms with van der Waals surface area (Å²) < 4.78 is 27.2. The number of pyridine rings is 1. The third-order valence-corrected chi connectivity index (χ3v) is 3.51. The van der Waals surface area contributed by atoms with E-state index in [9.17, 15) is 8.42 Å². The monoisotopic (exact) mass is 244 g/mol. The van der Waals surface area contributed by atoms with Crippen LogP contribution in [0.15, 0.2) is 24.5 Å². The topological polar surface area (TPSA) is 88.3 Å². The fraction of sp³-hybridized carbons (Fsp3) is 0.444. The van der Waals surface area contributed by atoms with Crippen LogP contribution in [0.25, 0.3) is 0 Å². The molecule has 1 aromatic heterocycles. The van der Waals surface area contributed by atoms with Gasteiger partial charge in [-0.2, -0.15) is 12.7 Å². The molecule has 0 atom stereocenters. The number of rotatable bonds is 6. The lowest BCUT2D eigenvalue weighted by atomic mass is 10.4. The Kier molecular flexibility index (Phi) is 4.66. The minimum Gasteiger partial charge on any atom is -0.330 e. The van der Waals surface area contributed by atoms with Crippen molar-refractivity contribution < 1.29 is 8.42 Å². The van der Waals surface area contributed by atoms with Crippen molar-refractivity contribution in [1.82, 2.24) is 9.29 Å². The van der Waals surface area contributed by atoms with Gasteiger partial charge in [0.25, 0.3) is 0 Å². The van der Waals surface area contributed by atoms with Gasteiger partial charge in [-0.3, -0.25) is 9.71 Å². The van der Waals surface area contributed by atoms with Crippen molar-refractivity contribution in [2.24, 2.45) is 5.73 Å². The molecule has 0 aromatic carbocycles. The molecule has 1 aromatic rings. The molecule has 6 nitrogen and oxygen atoms in total. The first-order valence-electron chi connectivity index (χ1n) is 4.90. The van der Waals surface area contributed by atoms with Crippen LogP contribution in [0.2, 0.25) is 0 Å². The number of anilines is 1. The second kappa shape index (κ2) is 5.78. The van der Waals surface area contributed by atoms with E-state index in [4.69, 9.17) is 5.73 Å². The van der Waals surface area contributed by atoms with E-state index in [-0.39, 0.29) is 0 Å². The van der Waals surface area contributed by atoms with Gasteiger partial charge in [0.1, 0.15) is 0 Å². The van der Waals surface area contributed by atoms with Gasteiger partial charge in [-0.1, -0.05) is 0 Å². The number of hydrogen-bond donors (Lipinski definition) is 2. The lowest BCUT2D eigenvalue weighted by molar-refractivity contribution is 0.468. The summed E-state index contributed by atoms with van der Waals surface area (Å²) in [7, 11) is -1.97. The Labute approximate surface area is 95.7 Å². The van der Waals surface area contributed by atoms with Gasteiger partial charge < -0.3 is 5.73 Å². The zero-order chi connectivity index (χ0) is 12.0. The SMILES string of the molecule is CN(CCCN)S(=O)(=O)Nc1ccncc1. The fourth-order valence-electron chi connectivity index (χ4n) is 1.08. The van der Waals surface area contributed by atoms with Crippen molar-refractivity contribution in [3.63, 3.8) is 0 Å². The van der Waals surface area contributed by atoms with Crippen molar-refractivity contribution in [1.29, 1.82) is 0 Å².